The summed E-state index contributed by atoms with van der Waals surface area (Å²) in [6.45, 7) is 2.63. The second-order valence-corrected chi connectivity index (χ2v) is 4.51. The van der Waals surface area contributed by atoms with Crippen LogP contribution in [0, 0.1) is 0 Å². The van der Waals surface area contributed by atoms with Crippen molar-refractivity contribution in [3.63, 3.8) is 0 Å². The van der Waals surface area contributed by atoms with E-state index in [-0.39, 0.29) is 13.2 Å². The highest BCUT2D eigenvalue weighted by atomic mass is 32.2. The first-order chi connectivity index (χ1) is 6.74. The van der Waals surface area contributed by atoms with Gasteiger partial charge in [-0.25, -0.2) is 0 Å². The molecule has 4 heteroatoms. The zero-order valence-corrected chi connectivity index (χ0v) is 10.0. The summed E-state index contributed by atoms with van der Waals surface area (Å²) in [5.74, 6) is 1.03. The molecule has 2 unspecified atom stereocenters. The third kappa shape index (κ3) is 7.62. The fourth-order valence-electron chi connectivity index (χ4n) is 1.45. The van der Waals surface area contributed by atoms with Gasteiger partial charge in [0.2, 0.25) is 0 Å². The molecule has 14 heavy (non-hydrogen) atoms. The number of thioether (sulfide) groups is 1. The van der Waals surface area contributed by atoms with Gasteiger partial charge in [0.15, 0.2) is 0 Å². The standard InChI is InChI=1S/C10H23NO2S/c1-9(4-3-6-12)11-10(5-7-13)8-14-2/h9-13H,3-8H2,1-2H3. The molecule has 3 N–H and O–H groups in total. The van der Waals surface area contributed by atoms with Gasteiger partial charge in [0, 0.05) is 31.1 Å². The van der Waals surface area contributed by atoms with Crippen LogP contribution in [-0.2, 0) is 0 Å². The molecule has 0 saturated carbocycles. The minimum absolute atomic E-state index is 0.241. The quantitative estimate of drug-likeness (QED) is 0.540. The van der Waals surface area contributed by atoms with Crippen LogP contribution in [0.5, 0.6) is 0 Å². The molecular formula is C10H23NO2S. The zero-order valence-electron chi connectivity index (χ0n) is 9.20. The van der Waals surface area contributed by atoms with E-state index in [4.69, 9.17) is 10.2 Å². The number of rotatable bonds is 9. The topological polar surface area (TPSA) is 52.5 Å². The molecule has 0 rings (SSSR count). The number of hydrogen-bond donors (Lipinski definition) is 3. The van der Waals surface area contributed by atoms with Crippen LogP contribution >= 0.6 is 11.8 Å². The molecular weight excluding hydrogens is 198 g/mol. The first-order valence-electron chi connectivity index (χ1n) is 5.21. The van der Waals surface area contributed by atoms with Gasteiger partial charge >= 0.3 is 0 Å². The molecule has 0 aliphatic carbocycles. The summed E-state index contributed by atoms with van der Waals surface area (Å²) in [6.07, 6.45) is 4.72. The summed E-state index contributed by atoms with van der Waals surface area (Å²) in [6, 6.07) is 0.814. The van der Waals surface area contributed by atoms with Crippen LogP contribution < -0.4 is 5.32 Å². The molecule has 0 aromatic carbocycles. The Morgan fingerprint density at radius 2 is 1.93 bits per heavy atom. The highest BCUT2D eigenvalue weighted by molar-refractivity contribution is 7.98. The van der Waals surface area contributed by atoms with Crippen LogP contribution in [0.2, 0.25) is 0 Å². The van der Waals surface area contributed by atoms with Crippen molar-refractivity contribution >= 4 is 11.8 Å². The van der Waals surface area contributed by atoms with Crippen LogP contribution in [0.15, 0.2) is 0 Å². The summed E-state index contributed by atoms with van der Waals surface area (Å²) in [4.78, 5) is 0. The van der Waals surface area contributed by atoms with Crippen LogP contribution in [0.3, 0.4) is 0 Å². The Hall–Kier alpha value is 0.230. The van der Waals surface area contributed by atoms with Crippen molar-refractivity contribution in [3.05, 3.63) is 0 Å². The van der Waals surface area contributed by atoms with Crippen molar-refractivity contribution < 1.29 is 10.2 Å². The molecule has 0 aromatic rings. The highest BCUT2D eigenvalue weighted by Gasteiger charge is 2.10. The summed E-state index contributed by atoms with van der Waals surface area (Å²) in [5, 5.41) is 21.0. The highest BCUT2D eigenvalue weighted by Crippen LogP contribution is 2.04. The number of aliphatic hydroxyl groups excluding tert-OH is 2. The predicted molar refractivity (Wildman–Crippen MR) is 62.8 cm³/mol. The minimum atomic E-state index is 0.241. The van der Waals surface area contributed by atoms with Crippen molar-refractivity contribution in [3.8, 4) is 0 Å². The van der Waals surface area contributed by atoms with E-state index in [2.05, 4.69) is 18.5 Å². The third-order valence-corrected chi connectivity index (χ3v) is 2.90. The molecule has 0 aliphatic rings. The van der Waals surface area contributed by atoms with E-state index < -0.39 is 0 Å². The smallest absolute Gasteiger partial charge is 0.0446 e. The number of aliphatic hydroxyl groups is 2. The average Bonchev–Trinajstić information content (AvgIpc) is 2.15. The lowest BCUT2D eigenvalue weighted by molar-refractivity contribution is 0.254. The Labute approximate surface area is 91.3 Å². The summed E-state index contributed by atoms with van der Waals surface area (Å²) < 4.78 is 0. The third-order valence-electron chi connectivity index (χ3n) is 2.16. The van der Waals surface area contributed by atoms with E-state index in [9.17, 15) is 0 Å². The lowest BCUT2D eigenvalue weighted by Crippen LogP contribution is -2.39. The Kier molecular flexibility index (Phi) is 9.93. The maximum absolute atomic E-state index is 8.86. The molecule has 0 aliphatic heterocycles. The minimum Gasteiger partial charge on any atom is -0.396 e. The first kappa shape index (κ1) is 14.2. The Morgan fingerprint density at radius 1 is 1.21 bits per heavy atom. The Morgan fingerprint density at radius 3 is 2.43 bits per heavy atom. The summed E-state index contributed by atoms with van der Waals surface area (Å²) in [7, 11) is 0. The summed E-state index contributed by atoms with van der Waals surface area (Å²) >= 11 is 1.79. The molecule has 0 amide bonds. The van der Waals surface area contributed by atoms with Crippen LogP contribution in [0.1, 0.15) is 26.2 Å². The molecule has 0 spiro atoms. The SMILES string of the molecule is CSCC(CCO)NC(C)CCCO. The fourth-order valence-corrected chi connectivity index (χ4v) is 2.12. The van der Waals surface area contributed by atoms with E-state index in [1.54, 1.807) is 11.8 Å². The van der Waals surface area contributed by atoms with Gasteiger partial charge in [-0.2, -0.15) is 11.8 Å². The molecule has 2 atom stereocenters. The lowest BCUT2D eigenvalue weighted by Gasteiger charge is -2.21. The van der Waals surface area contributed by atoms with Crippen molar-refractivity contribution in [1.82, 2.24) is 5.32 Å². The van der Waals surface area contributed by atoms with Crippen molar-refractivity contribution in [2.75, 3.05) is 25.2 Å². The normalized spacial score (nSPS) is 15.4. The van der Waals surface area contributed by atoms with Crippen LogP contribution in [0.4, 0.5) is 0 Å². The molecule has 86 valence electrons. The van der Waals surface area contributed by atoms with E-state index in [0.29, 0.717) is 12.1 Å². The van der Waals surface area contributed by atoms with Gasteiger partial charge in [-0.15, -0.1) is 0 Å². The van der Waals surface area contributed by atoms with Crippen molar-refractivity contribution in [2.24, 2.45) is 0 Å². The van der Waals surface area contributed by atoms with E-state index >= 15 is 0 Å². The van der Waals surface area contributed by atoms with Crippen LogP contribution in [-0.4, -0.2) is 47.5 Å². The molecule has 0 saturated heterocycles. The molecule has 0 radical (unpaired) electrons. The van der Waals surface area contributed by atoms with Gasteiger partial charge < -0.3 is 15.5 Å². The average molecular weight is 221 g/mol. The van der Waals surface area contributed by atoms with Crippen molar-refractivity contribution in [1.29, 1.82) is 0 Å². The Bertz CT molecular complexity index is 119. The summed E-state index contributed by atoms with van der Waals surface area (Å²) in [5.41, 5.74) is 0. The first-order valence-corrected chi connectivity index (χ1v) is 6.60. The lowest BCUT2D eigenvalue weighted by atomic mass is 10.1. The second kappa shape index (κ2) is 9.77. The van der Waals surface area contributed by atoms with Crippen LogP contribution in [0.25, 0.3) is 0 Å². The van der Waals surface area contributed by atoms with Gasteiger partial charge in [0.25, 0.3) is 0 Å². The predicted octanol–water partition coefficient (Wildman–Crippen LogP) is 0.851. The largest absolute Gasteiger partial charge is 0.396 e. The maximum Gasteiger partial charge on any atom is 0.0446 e. The fraction of sp³-hybridized carbons (Fsp3) is 1.00. The maximum atomic E-state index is 8.86. The van der Waals surface area contributed by atoms with Crippen molar-refractivity contribution in [2.45, 2.75) is 38.3 Å². The van der Waals surface area contributed by atoms with E-state index in [1.807, 2.05) is 0 Å². The molecule has 0 aromatic heterocycles. The van der Waals surface area contributed by atoms with E-state index in [0.717, 1.165) is 25.0 Å². The molecule has 0 heterocycles. The van der Waals surface area contributed by atoms with Gasteiger partial charge in [-0.3, -0.25) is 0 Å². The monoisotopic (exact) mass is 221 g/mol. The number of nitrogens with one attached hydrogen (secondary N) is 1. The zero-order chi connectivity index (χ0) is 10.8. The van der Waals surface area contributed by atoms with Gasteiger partial charge in [0.05, 0.1) is 0 Å². The molecule has 0 bridgehead atoms. The molecule has 0 fully saturated rings. The Balaban J connectivity index is 3.64. The second-order valence-electron chi connectivity index (χ2n) is 3.60. The molecule has 3 nitrogen and oxygen atoms in total. The van der Waals surface area contributed by atoms with E-state index in [1.165, 1.54) is 0 Å². The van der Waals surface area contributed by atoms with Gasteiger partial charge in [0.1, 0.15) is 0 Å². The number of hydrogen-bond acceptors (Lipinski definition) is 4. The van der Waals surface area contributed by atoms with Gasteiger partial charge in [-0.1, -0.05) is 0 Å². The van der Waals surface area contributed by atoms with Gasteiger partial charge in [-0.05, 0) is 32.4 Å².